The van der Waals surface area contributed by atoms with Gasteiger partial charge in [0.15, 0.2) is 5.78 Å². The molecule has 16 heavy (non-hydrogen) atoms. The standard InChI is InChI=1S/C12H9NO3/c1-8(14)16-13-11-6-7-12(15)10-5-3-2-4-9(10)11/h2-7H,1H3. The molecule has 1 aromatic rings. The van der Waals surface area contributed by atoms with Crippen molar-refractivity contribution in [2.24, 2.45) is 5.16 Å². The highest BCUT2D eigenvalue weighted by molar-refractivity contribution is 6.23. The van der Waals surface area contributed by atoms with E-state index >= 15 is 0 Å². The summed E-state index contributed by atoms with van der Waals surface area (Å²) in [4.78, 5) is 26.7. The summed E-state index contributed by atoms with van der Waals surface area (Å²) in [5, 5.41) is 3.69. The number of carbonyl (C=O) groups excluding carboxylic acids is 2. The minimum Gasteiger partial charge on any atom is -0.318 e. The summed E-state index contributed by atoms with van der Waals surface area (Å²) in [7, 11) is 0. The number of hydrogen-bond acceptors (Lipinski definition) is 4. The van der Waals surface area contributed by atoms with E-state index in [-0.39, 0.29) is 5.78 Å². The average molecular weight is 215 g/mol. The van der Waals surface area contributed by atoms with E-state index in [1.807, 2.05) is 0 Å². The van der Waals surface area contributed by atoms with Gasteiger partial charge in [-0.05, 0) is 12.2 Å². The molecule has 0 radical (unpaired) electrons. The van der Waals surface area contributed by atoms with E-state index < -0.39 is 5.97 Å². The fourth-order valence-corrected chi connectivity index (χ4v) is 1.45. The first-order valence-corrected chi connectivity index (χ1v) is 4.76. The van der Waals surface area contributed by atoms with Gasteiger partial charge in [-0.15, -0.1) is 0 Å². The molecule has 80 valence electrons. The van der Waals surface area contributed by atoms with Crippen LogP contribution in [0.3, 0.4) is 0 Å². The van der Waals surface area contributed by atoms with Crippen LogP contribution in [0.1, 0.15) is 22.8 Å². The average Bonchev–Trinajstić information content (AvgIpc) is 2.28. The Kier molecular flexibility index (Phi) is 2.64. The van der Waals surface area contributed by atoms with Gasteiger partial charge in [0.1, 0.15) is 5.71 Å². The number of allylic oxidation sites excluding steroid dienone is 2. The van der Waals surface area contributed by atoms with Crippen LogP contribution in [0.25, 0.3) is 0 Å². The second-order valence-corrected chi connectivity index (χ2v) is 3.30. The zero-order valence-corrected chi connectivity index (χ0v) is 8.64. The highest BCUT2D eigenvalue weighted by Gasteiger charge is 2.17. The molecule has 1 aliphatic carbocycles. The molecule has 0 atom stereocenters. The number of rotatable bonds is 1. The van der Waals surface area contributed by atoms with Crippen molar-refractivity contribution in [2.45, 2.75) is 6.92 Å². The van der Waals surface area contributed by atoms with Crippen LogP contribution in [0.5, 0.6) is 0 Å². The third-order valence-corrected chi connectivity index (χ3v) is 2.13. The maximum Gasteiger partial charge on any atom is 0.332 e. The predicted molar refractivity (Wildman–Crippen MR) is 58.2 cm³/mol. The van der Waals surface area contributed by atoms with Crippen LogP contribution < -0.4 is 0 Å². The smallest absolute Gasteiger partial charge is 0.318 e. The first-order chi connectivity index (χ1) is 7.68. The van der Waals surface area contributed by atoms with E-state index in [1.54, 1.807) is 24.3 Å². The van der Waals surface area contributed by atoms with Crippen molar-refractivity contribution in [3.63, 3.8) is 0 Å². The minimum absolute atomic E-state index is 0.0719. The highest BCUT2D eigenvalue weighted by atomic mass is 16.7. The van der Waals surface area contributed by atoms with Gasteiger partial charge in [-0.25, -0.2) is 4.79 Å². The van der Waals surface area contributed by atoms with Crippen molar-refractivity contribution in [1.29, 1.82) is 0 Å². The van der Waals surface area contributed by atoms with E-state index in [9.17, 15) is 9.59 Å². The lowest BCUT2D eigenvalue weighted by atomic mass is 9.95. The van der Waals surface area contributed by atoms with Crippen molar-refractivity contribution in [1.82, 2.24) is 0 Å². The molecule has 0 fully saturated rings. The lowest BCUT2D eigenvalue weighted by Gasteiger charge is -2.10. The number of oxime groups is 1. The van der Waals surface area contributed by atoms with Crippen molar-refractivity contribution in [3.05, 3.63) is 47.5 Å². The Bertz CT molecular complexity index is 515. The van der Waals surface area contributed by atoms with Gasteiger partial charge in [-0.2, -0.15) is 0 Å². The largest absolute Gasteiger partial charge is 0.332 e. The van der Waals surface area contributed by atoms with Gasteiger partial charge >= 0.3 is 5.97 Å². The van der Waals surface area contributed by atoms with Gasteiger partial charge in [0.25, 0.3) is 0 Å². The molecule has 2 rings (SSSR count). The SMILES string of the molecule is CC(=O)ON=C1C=CC(=O)c2ccccc21. The second-order valence-electron chi connectivity index (χ2n) is 3.30. The minimum atomic E-state index is -0.490. The first kappa shape index (κ1) is 10.3. The molecule has 0 saturated heterocycles. The molecular weight excluding hydrogens is 206 g/mol. The number of ketones is 1. The summed E-state index contributed by atoms with van der Waals surface area (Å²) in [6, 6.07) is 7.05. The van der Waals surface area contributed by atoms with E-state index in [2.05, 4.69) is 9.99 Å². The highest BCUT2D eigenvalue weighted by Crippen LogP contribution is 2.16. The van der Waals surface area contributed by atoms with E-state index in [1.165, 1.54) is 19.1 Å². The molecule has 0 saturated carbocycles. The molecular formula is C12H9NO3. The van der Waals surface area contributed by atoms with Crippen LogP contribution in [0, 0.1) is 0 Å². The summed E-state index contributed by atoms with van der Waals surface area (Å²) in [5.74, 6) is -0.562. The number of nitrogens with zero attached hydrogens (tertiary/aromatic N) is 1. The number of carbonyl (C=O) groups is 2. The summed E-state index contributed by atoms with van der Waals surface area (Å²) in [6.45, 7) is 1.27. The maximum absolute atomic E-state index is 11.5. The van der Waals surface area contributed by atoms with Crippen LogP contribution in [-0.4, -0.2) is 17.5 Å². The van der Waals surface area contributed by atoms with Crippen molar-refractivity contribution >= 4 is 17.5 Å². The zero-order valence-electron chi connectivity index (χ0n) is 8.64. The van der Waals surface area contributed by atoms with Crippen molar-refractivity contribution < 1.29 is 14.4 Å². The molecule has 0 heterocycles. The molecule has 0 bridgehead atoms. The molecule has 0 amide bonds. The zero-order chi connectivity index (χ0) is 11.5. The summed E-state index contributed by atoms with van der Waals surface area (Å²) >= 11 is 0. The molecule has 4 nitrogen and oxygen atoms in total. The second kappa shape index (κ2) is 4.10. The fraction of sp³-hybridized carbons (Fsp3) is 0.0833. The van der Waals surface area contributed by atoms with Crippen molar-refractivity contribution in [3.8, 4) is 0 Å². The van der Waals surface area contributed by atoms with Gasteiger partial charge < -0.3 is 4.84 Å². The lowest BCUT2D eigenvalue weighted by Crippen LogP contribution is -2.12. The fourth-order valence-electron chi connectivity index (χ4n) is 1.45. The van der Waals surface area contributed by atoms with Crippen LogP contribution >= 0.6 is 0 Å². The van der Waals surface area contributed by atoms with E-state index in [4.69, 9.17) is 0 Å². The van der Waals surface area contributed by atoms with Crippen LogP contribution in [-0.2, 0) is 9.63 Å². The molecule has 0 N–H and O–H groups in total. The predicted octanol–water partition coefficient (Wildman–Crippen LogP) is 1.71. The Balaban J connectivity index is 2.43. The summed E-state index contributed by atoms with van der Waals surface area (Å²) in [5.41, 5.74) is 1.72. The summed E-state index contributed by atoms with van der Waals surface area (Å²) in [6.07, 6.45) is 2.94. The number of hydrogen-bond donors (Lipinski definition) is 0. The monoisotopic (exact) mass is 215 g/mol. The Labute approximate surface area is 92.2 Å². The first-order valence-electron chi connectivity index (χ1n) is 4.76. The Morgan fingerprint density at radius 1 is 1.19 bits per heavy atom. The quantitative estimate of drug-likeness (QED) is 0.529. The molecule has 0 aliphatic heterocycles. The topological polar surface area (TPSA) is 55.7 Å². The maximum atomic E-state index is 11.5. The normalized spacial score (nSPS) is 16.1. The number of benzene rings is 1. The van der Waals surface area contributed by atoms with Crippen molar-refractivity contribution in [2.75, 3.05) is 0 Å². The van der Waals surface area contributed by atoms with Gasteiger partial charge in [0.05, 0.1) is 0 Å². The van der Waals surface area contributed by atoms with Gasteiger partial charge in [-0.3, -0.25) is 4.79 Å². The van der Waals surface area contributed by atoms with Crippen LogP contribution in [0.15, 0.2) is 41.6 Å². The number of fused-ring (bicyclic) bond motifs is 1. The van der Waals surface area contributed by atoms with Gasteiger partial charge in [-0.1, -0.05) is 29.4 Å². The molecule has 0 unspecified atom stereocenters. The van der Waals surface area contributed by atoms with Gasteiger partial charge in [0.2, 0.25) is 0 Å². The van der Waals surface area contributed by atoms with Gasteiger partial charge in [0, 0.05) is 18.1 Å². The third kappa shape index (κ3) is 1.91. The Morgan fingerprint density at radius 3 is 2.56 bits per heavy atom. The lowest BCUT2D eigenvalue weighted by molar-refractivity contribution is -0.140. The molecule has 0 spiro atoms. The van der Waals surface area contributed by atoms with Crippen LogP contribution in [0.2, 0.25) is 0 Å². The molecule has 1 aliphatic rings. The van der Waals surface area contributed by atoms with E-state index in [0.29, 0.717) is 16.8 Å². The Hall–Kier alpha value is -2.23. The molecule has 0 aromatic heterocycles. The Morgan fingerprint density at radius 2 is 1.88 bits per heavy atom. The summed E-state index contributed by atoms with van der Waals surface area (Å²) < 4.78 is 0. The molecule has 4 heteroatoms. The van der Waals surface area contributed by atoms with Crippen LogP contribution in [0.4, 0.5) is 0 Å². The van der Waals surface area contributed by atoms with E-state index in [0.717, 1.165) is 0 Å². The third-order valence-electron chi connectivity index (χ3n) is 2.13. The molecule has 1 aromatic carbocycles.